The van der Waals surface area contributed by atoms with Crippen molar-refractivity contribution in [3.63, 3.8) is 0 Å². The minimum absolute atomic E-state index is 0.146. The average molecular weight is 307 g/mol. The van der Waals surface area contributed by atoms with Crippen LogP contribution in [0.4, 0.5) is 0 Å². The Kier molecular flexibility index (Phi) is 4.81. The largest absolute Gasteiger partial charge is 0.356 e. The van der Waals surface area contributed by atoms with Crippen molar-refractivity contribution in [1.29, 1.82) is 0 Å². The van der Waals surface area contributed by atoms with E-state index in [1.54, 1.807) is 0 Å². The molecule has 2 fully saturated rings. The van der Waals surface area contributed by atoms with Crippen LogP contribution in [0.2, 0.25) is 5.02 Å². The maximum Gasteiger partial charge on any atom is 0.223 e. The first-order valence-electron chi connectivity index (χ1n) is 7.98. The van der Waals surface area contributed by atoms with Gasteiger partial charge in [0.25, 0.3) is 0 Å². The number of halogens is 1. The molecule has 3 nitrogen and oxygen atoms in total. The first-order valence-corrected chi connectivity index (χ1v) is 8.36. The Hall–Kier alpha value is -1.06. The average Bonchev–Trinajstić information content (AvgIpc) is 3.29. The Morgan fingerprint density at radius 1 is 1.43 bits per heavy atom. The third kappa shape index (κ3) is 3.98. The summed E-state index contributed by atoms with van der Waals surface area (Å²) in [6, 6.07) is 7.88. The number of benzene rings is 1. The lowest BCUT2D eigenvalue weighted by Gasteiger charge is -2.22. The van der Waals surface area contributed by atoms with Crippen molar-refractivity contribution in [2.75, 3.05) is 19.6 Å². The Labute approximate surface area is 131 Å². The monoisotopic (exact) mass is 306 g/mol. The van der Waals surface area contributed by atoms with Crippen LogP contribution in [0, 0.1) is 11.8 Å². The minimum Gasteiger partial charge on any atom is -0.356 e. The molecule has 0 radical (unpaired) electrons. The number of carbonyl (C=O) groups is 1. The van der Waals surface area contributed by atoms with Gasteiger partial charge in [-0.05, 0) is 68.3 Å². The Balaban J connectivity index is 1.41. The maximum absolute atomic E-state index is 12.2. The summed E-state index contributed by atoms with van der Waals surface area (Å²) in [7, 11) is 0. The highest BCUT2D eigenvalue weighted by atomic mass is 35.5. The lowest BCUT2D eigenvalue weighted by Crippen LogP contribution is -2.33. The molecule has 1 aromatic rings. The fourth-order valence-corrected chi connectivity index (χ4v) is 3.49. The predicted molar refractivity (Wildman–Crippen MR) is 85.5 cm³/mol. The van der Waals surface area contributed by atoms with E-state index in [4.69, 9.17) is 11.6 Å². The van der Waals surface area contributed by atoms with Gasteiger partial charge in [0, 0.05) is 17.5 Å². The third-order valence-corrected chi connectivity index (χ3v) is 4.89. The van der Waals surface area contributed by atoms with E-state index in [1.165, 1.54) is 18.4 Å². The minimum atomic E-state index is 0.146. The predicted octanol–water partition coefficient (Wildman–Crippen LogP) is 2.95. The quantitative estimate of drug-likeness (QED) is 0.878. The second-order valence-electron chi connectivity index (χ2n) is 6.30. The molecule has 1 heterocycles. The zero-order chi connectivity index (χ0) is 14.7. The number of hydrogen-bond acceptors (Lipinski definition) is 2. The molecule has 4 heteroatoms. The molecule has 0 spiro atoms. The van der Waals surface area contributed by atoms with E-state index in [0.717, 1.165) is 43.4 Å². The Morgan fingerprint density at radius 2 is 2.33 bits per heavy atom. The van der Waals surface area contributed by atoms with Gasteiger partial charge in [-0.15, -0.1) is 0 Å². The standard InChI is InChI=1S/C17H23ClN2O/c18-14-5-1-4-13(9-14)15-10-16(15)17(21)20-8-6-12-3-2-7-19-11-12/h1,4-5,9,12,15-16,19H,2-3,6-8,10-11H2,(H,20,21). The lowest BCUT2D eigenvalue weighted by molar-refractivity contribution is -0.122. The molecule has 1 saturated heterocycles. The summed E-state index contributed by atoms with van der Waals surface area (Å²) in [5, 5.41) is 7.28. The first kappa shape index (κ1) is 14.9. The van der Waals surface area contributed by atoms with Crippen molar-refractivity contribution in [3.05, 3.63) is 34.9 Å². The molecular formula is C17H23ClN2O. The molecule has 3 atom stereocenters. The molecule has 1 saturated carbocycles. The summed E-state index contributed by atoms with van der Waals surface area (Å²) < 4.78 is 0. The normalized spacial score (nSPS) is 28.1. The molecule has 3 unspecified atom stereocenters. The smallest absolute Gasteiger partial charge is 0.223 e. The first-order chi connectivity index (χ1) is 10.2. The van der Waals surface area contributed by atoms with Crippen LogP contribution in [0.5, 0.6) is 0 Å². The molecule has 2 N–H and O–H groups in total. The molecule has 1 aliphatic heterocycles. The Bertz CT molecular complexity index is 499. The summed E-state index contributed by atoms with van der Waals surface area (Å²) in [5.41, 5.74) is 1.19. The van der Waals surface area contributed by atoms with Crippen molar-refractivity contribution in [2.24, 2.45) is 11.8 Å². The van der Waals surface area contributed by atoms with Crippen LogP contribution in [0.1, 0.15) is 37.2 Å². The van der Waals surface area contributed by atoms with Crippen LogP contribution in [0.15, 0.2) is 24.3 Å². The fourth-order valence-electron chi connectivity index (χ4n) is 3.29. The van der Waals surface area contributed by atoms with Crippen molar-refractivity contribution < 1.29 is 4.79 Å². The SMILES string of the molecule is O=C(NCCC1CCCNC1)C1CC1c1cccc(Cl)c1. The molecule has 0 bridgehead atoms. The van der Waals surface area contributed by atoms with Gasteiger partial charge in [0.2, 0.25) is 5.91 Å². The van der Waals surface area contributed by atoms with Gasteiger partial charge in [-0.3, -0.25) is 4.79 Å². The highest BCUT2D eigenvalue weighted by molar-refractivity contribution is 6.30. The van der Waals surface area contributed by atoms with Gasteiger partial charge in [0.15, 0.2) is 0 Å². The van der Waals surface area contributed by atoms with E-state index in [1.807, 2.05) is 18.2 Å². The fraction of sp³-hybridized carbons (Fsp3) is 0.588. The van der Waals surface area contributed by atoms with E-state index < -0.39 is 0 Å². The molecular weight excluding hydrogens is 284 g/mol. The zero-order valence-electron chi connectivity index (χ0n) is 12.3. The summed E-state index contributed by atoms with van der Waals surface area (Å²) in [4.78, 5) is 12.2. The zero-order valence-corrected chi connectivity index (χ0v) is 13.0. The van der Waals surface area contributed by atoms with E-state index in [0.29, 0.717) is 5.92 Å². The van der Waals surface area contributed by atoms with Crippen molar-refractivity contribution >= 4 is 17.5 Å². The highest BCUT2D eigenvalue weighted by Crippen LogP contribution is 2.47. The van der Waals surface area contributed by atoms with E-state index in [2.05, 4.69) is 16.7 Å². The summed E-state index contributed by atoms with van der Waals surface area (Å²) in [6.07, 6.45) is 4.60. The van der Waals surface area contributed by atoms with Gasteiger partial charge in [-0.2, -0.15) is 0 Å². The van der Waals surface area contributed by atoms with Gasteiger partial charge in [-0.1, -0.05) is 23.7 Å². The van der Waals surface area contributed by atoms with Crippen LogP contribution in [-0.2, 0) is 4.79 Å². The number of amides is 1. The lowest BCUT2D eigenvalue weighted by atomic mass is 9.96. The number of carbonyl (C=O) groups excluding carboxylic acids is 1. The second-order valence-corrected chi connectivity index (χ2v) is 6.73. The van der Waals surface area contributed by atoms with Crippen LogP contribution in [0.3, 0.4) is 0 Å². The van der Waals surface area contributed by atoms with Crippen LogP contribution in [-0.4, -0.2) is 25.5 Å². The molecule has 1 aromatic carbocycles. The molecule has 1 amide bonds. The van der Waals surface area contributed by atoms with Gasteiger partial charge in [0.1, 0.15) is 0 Å². The van der Waals surface area contributed by atoms with Crippen LogP contribution >= 0.6 is 11.6 Å². The number of rotatable bonds is 5. The van der Waals surface area contributed by atoms with Crippen molar-refractivity contribution in [3.8, 4) is 0 Å². The second kappa shape index (κ2) is 6.80. The third-order valence-electron chi connectivity index (χ3n) is 4.65. The van der Waals surface area contributed by atoms with E-state index >= 15 is 0 Å². The van der Waals surface area contributed by atoms with Crippen molar-refractivity contribution in [2.45, 2.75) is 31.6 Å². The molecule has 0 aromatic heterocycles. The van der Waals surface area contributed by atoms with Gasteiger partial charge in [-0.25, -0.2) is 0 Å². The van der Waals surface area contributed by atoms with Crippen LogP contribution < -0.4 is 10.6 Å². The van der Waals surface area contributed by atoms with Gasteiger partial charge in [0.05, 0.1) is 0 Å². The van der Waals surface area contributed by atoms with Crippen LogP contribution in [0.25, 0.3) is 0 Å². The molecule has 1 aliphatic carbocycles. The molecule has 21 heavy (non-hydrogen) atoms. The highest BCUT2D eigenvalue weighted by Gasteiger charge is 2.43. The molecule has 114 valence electrons. The number of nitrogens with one attached hydrogen (secondary N) is 2. The number of hydrogen-bond donors (Lipinski definition) is 2. The van der Waals surface area contributed by atoms with Gasteiger partial charge >= 0.3 is 0 Å². The van der Waals surface area contributed by atoms with Crippen molar-refractivity contribution in [1.82, 2.24) is 10.6 Å². The molecule has 2 aliphatic rings. The topological polar surface area (TPSA) is 41.1 Å². The molecule has 3 rings (SSSR count). The summed E-state index contributed by atoms with van der Waals surface area (Å²) in [5.74, 6) is 1.44. The number of piperidine rings is 1. The maximum atomic E-state index is 12.2. The summed E-state index contributed by atoms with van der Waals surface area (Å²) >= 11 is 6.01. The van der Waals surface area contributed by atoms with E-state index in [9.17, 15) is 4.79 Å². The van der Waals surface area contributed by atoms with E-state index in [-0.39, 0.29) is 11.8 Å². The van der Waals surface area contributed by atoms with Gasteiger partial charge < -0.3 is 10.6 Å². The summed E-state index contributed by atoms with van der Waals surface area (Å²) in [6.45, 7) is 3.06. The Morgan fingerprint density at radius 3 is 3.10 bits per heavy atom.